The average Bonchev–Trinajstić information content (AvgIpc) is 3.03. The van der Waals surface area contributed by atoms with Gasteiger partial charge in [-0.3, -0.25) is 9.78 Å². The Morgan fingerprint density at radius 3 is 2.52 bits per heavy atom. The topological polar surface area (TPSA) is 51.7 Å². The number of rotatable bonds is 3. The van der Waals surface area contributed by atoms with E-state index in [-0.39, 0.29) is 18.3 Å². The standard InChI is InChI=1S/C20H22BFN2O3/c1-19(2)20(3,4)27-21(26-19)14-8-7-13(16(22)10-14)11-24-12-17-15(18(24)25)6-5-9-23-17/h5-10H,11-12H2,1-4H3. The lowest BCUT2D eigenvalue weighted by atomic mass is 9.78. The predicted molar refractivity (Wildman–Crippen MR) is 99.9 cm³/mol. The van der Waals surface area contributed by atoms with E-state index in [0.29, 0.717) is 23.1 Å². The first-order valence-corrected chi connectivity index (χ1v) is 9.05. The lowest BCUT2D eigenvalue weighted by molar-refractivity contribution is 0.00578. The first-order chi connectivity index (χ1) is 12.7. The van der Waals surface area contributed by atoms with Crippen molar-refractivity contribution in [1.82, 2.24) is 9.88 Å². The second kappa shape index (κ2) is 6.14. The molecule has 2 aromatic rings. The maximum Gasteiger partial charge on any atom is 0.494 e. The maximum atomic E-state index is 14.7. The zero-order valence-corrected chi connectivity index (χ0v) is 16.0. The number of benzene rings is 1. The number of aromatic nitrogens is 1. The zero-order chi connectivity index (χ0) is 19.4. The van der Waals surface area contributed by atoms with E-state index >= 15 is 0 Å². The molecule has 0 N–H and O–H groups in total. The van der Waals surface area contributed by atoms with Crippen molar-refractivity contribution in [1.29, 1.82) is 0 Å². The van der Waals surface area contributed by atoms with Gasteiger partial charge in [0.15, 0.2) is 0 Å². The van der Waals surface area contributed by atoms with Gasteiger partial charge in [-0.25, -0.2) is 4.39 Å². The highest BCUT2D eigenvalue weighted by Gasteiger charge is 2.51. The van der Waals surface area contributed by atoms with Crippen LogP contribution in [0.25, 0.3) is 0 Å². The van der Waals surface area contributed by atoms with Gasteiger partial charge in [-0.1, -0.05) is 12.1 Å². The molecule has 0 atom stereocenters. The van der Waals surface area contributed by atoms with Crippen LogP contribution < -0.4 is 5.46 Å². The molecule has 27 heavy (non-hydrogen) atoms. The number of amides is 1. The summed E-state index contributed by atoms with van der Waals surface area (Å²) in [6, 6.07) is 8.41. The number of hydrogen-bond donors (Lipinski definition) is 0. The van der Waals surface area contributed by atoms with Crippen molar-refractivity contribution in [3.63, 3.8) is 0 Å². The summed E-state index contributed by atoms with van der Waals surface area (Å²) in [4.78, 5) is 18.3. The lowest BCUT2D eigenvalue weighted by Crippen LogP contribution is -2.41. The van der Waals surface area contributed by atoms with Crippen molar-refractivity contribution in [2.75, 3.05) is 0 Å². The third-order valence-electron chi connectivity index (χ3n) is 5.71. The van der Waals surface area contributed by atoms with Crippen molar-refractivity contribution >= 4 is 18.5 Å². The molecule has 0 aliphatic carbocycles. The van der Waals surface area contributed by atoms with Crippen LogP contribution in [-0.4, -0.2) is 34.1 Å². The number of nitrogens with zero attached hydrogens (tertiary/aromatic N) is 2. The maximum absolute atomic E-state index is 14.7. The van der Waals surface area contributed by atoms with E-state index in [1.54, 1.807) is 35.4 Å². The van der Waals surface area contributed by atoms with Crippen LogP contribution in [0.1, 0.15) is 49.3 Å². The highest BCUT2D eigenvalue weighted by molar-refractivity contribution is 6.62. The minimum absolute atomic E-state index is 0.118. The fourth-order valence-electron chi connectivity index (χ4n) is 3.33. The molecule has 1 fully saturated rings. The van der Waals surface area contributed by atoms with Gasteiger partial charge < -0.3 is 14.2 Å². The zero-order valence-electron chi connectivity index (χ0n) is 16.0. The van der Waals surface area contributed by atoms with E-state index in [9.17, 15) is 9.18 Å². The molecule has 140 valence electrons. The molecule has 1 amide bonds. The average molecular weight is 368 g/mol. The Bertz CT molecular complexity index is 900. The van der Waals surface area contributed by atoms with Gasteiger partial charge in [0, 0.05) is 18.3 Å². The fourth-order valence-corrected chi connectivity index (χ4v) is 3.33. The molecular weight excluding hydrogens is 346 g/mol. The van der Waals surface area contributed by atoms with Crippen LogP contribution in [0.4, 0.5) is 4.39 Å². The Hall–Kier alpha value is -2.25. The van der Waals surface area contributed by atoms with Gasteiger partial charge in [0.1, 0.15) is 5.82 Å². The number of hydrogen-bond acceptors (Lipinski definition) is 4. The molecule has 1 aromatic carbocycles. The predicted octanol–water partition coefficient (Wildman–Crippen LogP) is 2.68. The number of fused-ring (bicyclic) bond motifs is 1. The SMILES string of the molecule is CC1(C)OB(c2ccc(CN3Cc4ncccc4C3=O)c(F)c2)OC1(C)C. The lowest BCUT2D eigenvalue weighted by Gasteiger charge is -2.32. The molecule has 0 spiro atoms. The van der Waals surface area contributed by atoms with Crippen molar-refractivity contribution in [2.24, 2.45) is 0 Å². The molecule has 4 rings (SSSR count). The Labute approximate surface area is 158 Å². The van der Waals surface area contributed by atoms with Gasteiger partial charge in [-0.15, -0.1) is 0 Å². The summed E-state index contributed by atoms with van der Waals surface area (Å²) in [6.07, 6.45) is 1.66. The molecule has 1 saturated heterocycles. The summed E-state index contributed by atoms with van der Waals surface area (Å²) in [5, 5.41) is 0. The highest BCUT2D eigenvalue weighted by atomic mass is 19.1. The summed E-state index contributed by atoms with van der Waals surface area (Å²) >= 11 is 0. The summed E-state index contributed by atoms with van der Waals surface area (Å²) in [7, 11) is -0.611. The van der Waals surface area contributed by atoms with Crippen molar-refractivity contribution in [3.05, 3.63) is 59.2 Å². The molecule has 5 nitrogen and oxygen atoms in total. The largest absolute Gasteiger partial charge is 0.494 e. The summed E-state index contributed by atoms with van der Waals surface area (Å²) in [6.45, 7) is 8.44. The number of carbonyl (C=O) groups is 1. The molecule has 0 saturated carbocycles. The van der Waals surface area contributed by atoms with E-state index in [1.165, 1.54) is 6.07 Å². The molecule has 0 bridgehead atoms. The Morgan fingerprint density at radius 1 is 1.19 bits per heavy atom. The summed E-state index contributed by atoms with van der Waals surface area (Å²) < 4.78 is 26.7. The quantitative estimate of drug-likeness (QED) is 0.782. The van der Waals surface area contributed by atoms with E-state index < -0.39 is 18.3 Å². The van der Waals surface area contributed by atoms with Crippen LogP contribution in [0.2, 0.25) is 0 Å². The van der Waals surface area contributed by atoms with Crippen LogP contribution in [0.3, 0.4) is 0 Å². The minimum atomic E-state index is -0.611. The monoisotopic (exact) mass is 368 g/mol. The Morgan fingerprint density at radius 2 is 1.89 bits per heavy atom. The number of halogens is 1. The minimum Gasteiger partial charge on any atom is -0.399 e. The highest BCUT2D eigenvalue weighted by Crippen LogP contribution is 2.36. The fraction of sp³-hybridized carbons (Fsp3) is 0.400. The van der Waals surface area contributed by atoms with Crippen LogP contribution in [0.5, 0.6) is 0 Å². The molecule has 3 heterocycles. The van der Waals surface area contributed by atoms with Crippen LogP contribution in [0, 0.1) is 5.82 Å². The summed E-state index contributed by atoms with van der Waals surface area (Å²) in [5.41, 5.74) is 1.45. The van der Waals surface area contributed by atoms with Gasteiger partial charge >= 0.3 is 7.12 Å². The molecule has 2 aliphatic heterocycles. The summed E-state index contributed by atoms with van der Waals surface area (Å²) in [5.74, 6) is -0.494. The first-order valence-electron chi connectivity index (χ1n) is 9.05. The van der Waals surface area contributed by atoms with Gasteiger partial charge in [-0.05, 0) is 51.4 Å². The van der Waals surface area contributed by atoms with Gasteiger partial charge in [-0.2, -0.15) is 0 Å². The van der Waals surface area contributed by atoms with Crippen LogP contribution >= 0.6 is 0 Å². The normalized spacial score (nSPS) is 20.3. The number of pyridine rings is 1. The smallest absolute Gasteiger partial charge is 0.399 e. The van der Waals surface area contributed by atoms with Gasteiger partial charge in [0.25, 0.3) is 5.91 Å². The molecule has 2 aliphatic rings. The molecule has 7 heteroatoms. The molecule has 0 unspecified atom stereocenters. The van der Waals surface area contributed by atoms with Gasteiger partial charge in [0.2, 0.25) is 0 Å². The Kier molecular flexibility index (Phi) is 4.12. The van der Waals surface area contributed by atoms with Crippen LogP contribution in [-0.2, 0) is 22.4 Å². The molecular formula is C20H22BFN2O3. The van der Waals surface area contributed by atoms with E-state index in [2.05, 4.69) is 4.98 Å². The second-order valence-electron chi connectivity index (χ2n) is 8.10. The Balaban J connectivity index is 1.52. The molecule has 0 radical (unpaired) electrons. The van der Waals surface area contributed by atoms with Crippen molar-refractivity contribution in [2.45, 2.75) is 52.0 Å². The molecule has 1 aromatic heterocycles. The first kappa shape index (κ1) is 18.1. The third kappa shape index (κ3) is 3.05. The van der Waals surface area contributed by atoms with Gasteiger partial charge in [0.05, 0.1) is 29.0 Å². The number of carbonyl (C=O) groups excluding carboxylic acids is 1. The van der Waals surface area contributed by atoms with E-state index in [0.717, 1.165) is 5.69 Å². The van der Waals surface area contributed by atoms with Crippen molar-refractivity contribution < 1.29 is 18.5 Å². The second-order valence-corrected chi connectivity index (χ2v) is 8.10. The third-order valence-corrected chi connectivity index (χ3v) is 5.71. The van der Waals surface area contributed by atoms with E-state index in [1.807, 2.05) is 27.7 Å². The van der Waals surface area contributed by atoms with E-state index in [4.69, 9.17) is 9.31 Å². The van der Waals surface area contributed by atoms with Crippen molar-refractivity contribution in [3.8, 4) is 0 Å². The van der Waals surface area contributed by atoms with Crippen LogP contribution in [0.15, 0.2) is 36.5 Å².